The van der Waals surface area contributed by atoms with Crippen LogP contribution in [0.1, 0.15) is 53.3 Å². The molecule has 0 fully saturated rings. The number of H-pyrrole nitrogens is 1. The molecule has 0 aliphatic carbocycles. The van der Waals surface area contributed by atoms with E-state index in [2.05, 4.69) is 15.3 Å². The molecule has 1 aliphatic heterocycles. The molecule has 0 radical (unpaired) electrons. The van der Waals surface area contributed by atoms with Gasteiger partial charge in [0.15, 0.2) is 5.15 Å². The summed E-state index contributed by atoms with van der Waals surface area (Å²) >= 11 is 12.0. The third-order valence-corrected chi connectivity index (χ3v) is 4.43. The average Bonchev–Trinajstić information content (AvgIpc) is 2.83. The molecule has 1 aliphatic rings. The topological polar surface area (TPSA) is 93.3 Å². The van der Waals surface area contributed by atoms with E-state index in [0.717, 1.165) is 0 Å². The Labute approximate surface area is 168 Å². The monoisotopic (exact) mass is 415 g/mol. The Morgan fingerprint density at radius 3 is 2.11 bits per heavy atom. The Morgan fingerprint density at radius 2 is 1.67 bits per heavy atom. The molecule has 9 heteroatoms. The minimum Gasteiger partial charge on any atom is -0.463 e. The summed E-state index contributed by atoms with van der Waals surface area (Å²) in [5, 5.41) is 3.22. The lowest BCUT2D eigenvalue weighted by Gasteiger charge is -2.30. The second-order valence-corrected chi connectivity index (χ2v) is 7.82. The summed E-state index contributed by atoms with van der Waals surface area (Å²) in [4.78, 5) is 32.6. The van der Waals surface area contributed by atoms with Gasteiger partial charge in [-0.25, -0.2) is 14.6 Å². The Bertz CT molecular complexity index is 815. The first-order valence-electron chi connectivity index (χ1n) is 8.46. The summed E-state index contributed by atoms with van der Waals surface area (Å²) in [6.45, 7) is 10.6. The molecule has 1 unspecified atom stereocenters. The van der Waals surface area contributed by atoms with E-state index >= 15 is 0 Å². The highest BCUT2D eigenvalue weighted by Crippen LogP contribution is 2.39. The molecule has 7 nitrogen and oxygen atoms in total. The average molecular weight is 416 g/mol. The zero-order valence-electron chi connectivity index (χ0n) is 16.1. The van der Waals surface area contributed by atoms with Crippen molar-refractivity contribution < 1.29 is 19.1 Å². The van der Waals surface area contributed by atoms with Gasteiger partial charge in [-0.1, -0.05) is 23.2 Å². The van der Waals surface area contributed by atoms with Crippen LogP contribution in [0.3, 0.4) is 0 Å². The van der Waals surface area contributed by atoms with Gasteiger partial charge in [0.1, 0.15) is 16.6 Å². The van der Waals surface area contributed by atoms with Crippen LogP contribution >= 0.6 is 23.2 Å². The van der Waals surface area contributed by atoms with Crippen molar-refractivity contribution in [3.63, 3.8) is 0 Å². The number of imidazole rings is 1. The lowest BCUT2D eigenvalue weighted by Crippen LogP contribution is -2.35. The minimum atomic E-state index is -0.856. The van der Waals surface area contributed by atoms with Crippen LogP contribution in [0, 0.1) is 0 Å². The number of aromatic amines is 1. The number of carbonyl (C=O) groups is 2. The van der Waals surface area contributed by atoms with E-state index in [9.17, 15) is 9.59 Å². The fraction of sp³-hybridized carbons (Fsp3) is 0.500. The number of dihydropyridines is 1. The largest absolute Gasteiger partial charge is 0.463 e. The predicted molar refractivity (Wildman–Crippen MR) is 102 cm³/mol. The molecule has 148 valence electrons. The van der Waals surface area contributed by atoms with E-state index in [-0.39, 0.29) is 33.9 Å². The molecule has 1 aromatic heterocycles. The summed E-state index contributed by atoms with van der Waals surface area (Å²) in [6, 6.07) is 0. The van der Waals surface area contributed by atoms with Gasteiger partial charge in [-0.05, 0) is 41.5 Å². The standard InChI is InChI=1S/C18H23Cl2N3O4/c1-7-26-16(24)10-8(2)21-9(3)11(17(25)27-18(4,5)6)12(10)15-22-13(19)14(20)23-15/h12,21H,7H2,1-6H3,(H,22,23). The van der Waals surface area contributed by atoms with Crippen molar-refractivity contribution in [3.8, 4) is 0 Å². The van der Waals surface area contributed by atoms with Crippen LogP contribution in [0.4, 0.5) is 0 Å². The lowest BCUT2D eigenvalue weighted by molar-refractivity contribution is -0.150. The number of allylic oxidation sites excluding steroid dienone is 2. The number of esters is 2. The molecule has 1 atom stereocenters. The molecule has 0 amide bonds. The highest BCUT2D eigenvalue weighted by atomic mass is 35.5. The number of carbonyl (C=O) groups excluding carboxylic acids is 2. The van der Waals surface area contributed by atoms with Crippen molar-refractivity contribution in [3.05, 3.63) is 38.7 Å². The number of nitrogens with one attached hydrogen (secondary N) is 2. The van der Waals surface area contributed by atoms with Gasteiger partial charge in [-0.2, -0.15) is 0 Å². The first kappa shape index (κ1) is 21.3. The fourth-order valence-electron chi connectivity index (χ4n) is 2.83. The van der Waals surface area contributed by atoms with Gasteiger partial charge in [0.25, 0.3) is 0 Å². The van der Waals surface area contributed by atoms with E-state index in [4.69, 9.17) is 32.7 Å². The molecule has 0 bridgehead atoms. The molecule has 2 heterocycles. The molecule has 0 saturated heterocycles. The van der Waals surface area contributed by atoms with Gasteiger partial charge in [0.05, 0.1) is 23.7 Å². The number of hydrogen-bond acceptors (Lipinski definition) is 6. The molecular weight excluding hydrogens is 393 g/mol. The summed E-state index contributed by atoms with van der Waals surface area (Å²) in [5.41, 5.74) is 0.856. The maximum Gasteiger partial charge on any atom is 0.337 e. The fourth-order valence-corrected chi connectivity index (χ4v) is 3.11. The zero-order valence-corrected chi connectivity index (χ0v) is 17.6. The van der Waals surface area contributed by atoms with E-state index < -0.39 is 23.5 Å². The van der Waals surface area contributed by atoms with Crippen LogP contribution in [-0.4, -0.2) is 34.1 Å². The summed E-state index contributed by atoms with van der Waals surface area (Å²) in [7, 11) is 0. The number of nitrogens with zero attached hydrogens (tertiary/aromatic N) is 1. The van der Waals surface area contributed by atoms with Crippen molar-refractivity contribution in [1.29, 1.82) is 0 Å². The van der Waals surface area contributed by atoms with Gasteiger partial charge in [0, 0.05) is 11.4 Å². The van der Waals surface area contributed by atoms with Crippen LogP contribution in [-0.2, 0) is 19.1 Å². The third kappa shape index (κ3) is 4.65. The SMILES string of the molecule is CCOC(=O)C1=C(C)NC(C)=C(C(=O)OC(C)(C)C)C1c1nc(Cl)c(Cl)[nH]1. The molecule has 2 N–H and O–H groups in total. The minimum absolute atomic E-state index is 0.0484. The Morgan fingerprint density at radius 1 is 1.11 bits per heavy atom. The van der Waals surface area contributed by atoms with Crippen LogP contribution < -0.4 is 5.32 Å². The smallest absolute Gasteiger partial charge is 0.337 e. The number of hydrogen-bond donors (Lipinski definition) is 2. The second-order valence-electron chi connectivity index (χ2n) is 7.08. The first-order valence-corrected chi connectivity index (χ1v) is 9.21. The van der Waals surface area contributed by atoms with Gasteiger partial charge >= 0.3 is 11.9 Å². The summed E-state index contributed by atoms with van der Waals surface area (Å²) in [5.74, 6) is -1.74. The summed E-state index contributed by atoms with van der Waals surface area (Å²) < 4.78 is 10.7. The van der Waals surface area contributed by atoms with Crippen molar-refractivity contribution in [2.24, 2.45) is 0 Å². The number of rotatable bonds is 4. The summed E-state index contributed by atoms with van der Waals surface area (Å²) in [6.07, 6.45) is 0. The second kappa shape index (κ2) is 7.94. The molecular formula is C18H23Cl2N3O4. The third-order valence-electron chi connectivity index (χ3n) is 3.79. The highest BCUT2D eigenvalue weighted by Gasteiger charge is 2.40. The van der Waals surface area contributed by atoms with Crippen molar-refractivity contribution in [1.82, 2.24) is 15.3 Å². The zero-order chi connectivity index (χ0) is 20.5. The van der Waals surface area contributed by atoms with Crippen LogP contribution in [0.15, 0.2) is 22.5 Å². The molecule has 1 aromatic rings. The maximum atomic E-state index is 12.9. The van der Waals surface area contributed by atoms with Crippen LogP contribution in [0.5, 0.6) is 0 Å². The van der Waals surface area contributed by atoms with Gasteiger partial charge in [-0.3, -0.25) is 0 Å². The van der Waals surface area contributed by atoms with Crippen LogP contribution in [0.25, 0.3) is 0 Å². The normalized spacial score (nSPS) is 17.7. The molecule has 0 spiro atoms. The van der Waals surface area contributed by atoms with Gasteiger partial charge in [-0.15, -0.1) is 0 Å². The molecule has 0 saturated carbocycles. The van der Waals surface area contributed by atoms with E-state index in [1.807, 2.05) is 0 Å². The molecule has 2 rings (SSSR count). The van der Waals surface area contributed by atoms with Gasteiger partial charge < -0.3 is 19.8 Å². The number of ether oxygens (including phenoxy) is 2. The lowest BCUT2D eigenvalue weighted by atomic mass is 9.84. The van der Waals surface area contributed by atoms with E-state index in [0.29, 0.717) is 11.4 Å². The van der Waals surface area contributed by atoms with Gasteiger partial charge in [0.2, 0.25) is 0 Å². The Balaban J connectivity index is 2.63. The van der Waals surface area contributed by atoms with Crippen molar-refractivity contribution >= 4 is 35.1 Å². The maximum absolute atomic E-state index is 12.9. The van der Waals surface area contributed by atoms with E-state index in [1.54, 1.807) is 41.5 Å². The Kier molecular flexibility index (Phi) is 6.27. The van der Waals surface area contributed by atoms with Crippen molar-refractivity contribution in [2.75, 3.05) is 6.61 Å². The van der Waals surface area contributed by atoms with E-state index in [1.165, 1.54) is 0 Å². The number of halogens is 2. The molecule has 0 aromatic carbocycles. The predicted octanol–water partition coefficient (Wildman–Crippen LogP) is 3.86. The molecule has 27 heavy (non-hydrogen) atoms. The first-order chi connectivity index (χ1) is 12.5. The van der Waals surface area contributed by atoms with Crippen molar-refractivity contribution in [2.45, 2.75) is 53.1 Å². The number of aromatic nitrogens is 2. The Hall–Kier alpha value is -1.99. The van der Waals surface area contributed by atoms with Crippen LogP contribution in [0.2, 0.25) is 10.3 Å². The quantitative estimate of drug-likeness (QED) is 0.725. The highest BCUT2D eigenvalue weighted by molar-refractivity contribution is 6.40.